The molecule has 2 aromatic rings. The zero-order valence-electron chi connectivity index (χ0n) is 14.9. The van der Waals surface area contributed by atoms with Crippen molar-refractivity contribution in [3.05, 3.63) is 80.5 Å². The van der Waals surface area contributed by atoms with Crippen molar-refractivity contribution in [2.45, 2.75) is 11.3 Å². The number of ketones is 1. The summed E-state index contributed by atoms with van der Waals surface area (Å²) >= 11 is 0.973. The minimum atomic E-state index is -2.74. The van der Waals surface area contributed by atoms with Gasteiger partial charge in [-0.25, -0.2) is 0 Å². The number of carbonyl (C=O) groups is 1. The molecule has 2 atom stereocenters. The third kappa shape index (κ3) is 2.00. The summed E-state index contributed by atoms with van der Waals surface area (Å²) in [4.78, 5) is 25.4. The second kappa shape index (κ2) is 6.06. The lowest BCUT2D eigenvalue weighted by Gasteiger charge is -2.38. The highest BCUT2D eigenvalue weighted by atomic mass is 32.2. The number of rotatable bonds is 4. The number of Topliss-reactive ketones (excluding diaryl/α,β-unsaturated/α-hetero) is 1. The Morgan fingerprint density at radius 2 is 1.79 bits per heavy atom. The fraction of sp³-hybridized carbons (Fsp3) is 0.211. The van der Waals surface area contributed by atoms with Crippen LogP contribution < -0.4 is 9.64 Å². The van der Waals surface area contributed by atoms with Crippen molar-refractivity contribution in [1.82, 2.24) is 0 Å². The van der Waals surface area contributed by atoms with E-state index in [2.05, 4.69) is 0 Å². The lowest BCUT2D eigenvalue weighted by molar-refractivity contribution is -0.443. The van der Waals surface area contributed by atoms with Crippen molar-refractivity contribution in [1.29, 1.82) is 0 Å². The van der Waals surface area contributed by atoms with Gasteiger partial charge in [-0.05, 0) is 30.5 Å². The van der Waals surface area contributed by atoms with Crippen molar-refractivity contribution in [3.63, 3.8) is 0 Å². The van der Waals surface area contributed by atoms with E-state index in [-0.39, 0.29) is 16.2 Å². The maximum atomic E-state index is 13.1. The Hall–Kier alpha value is -2.88. The highest BCUT2D eigenvalue weighted by Crippen LogP contribution is 2.59. The van der Waals surface area contributed by atoms with Gasteiger partial charge in [0.15, 0.2) is 5.03 Å². The third-order valence-electron chi connectivity index (χ3n) is 5.16. The van der Waals surface area contributed by atoms with Gasteiger partial charge in [-0.2, -0.15) is 0 Å². The molecule has 0 radical (unpaired) electrons. The number of thioether (sulfide) groups is 1. The largest absolute Gasteiger partial charge is 0.497 e. The van der Waals surface area contributed by atoms with Gasteiger partial charge in [0.25, 0.3) is 5.60 Å². The minimum absolute atomic E-state index is 0.0111. The fourth-order valence-corrected chi connectivity index (χ4v) is 4.76. The molecule has 144 valence electrons. The zero-order chi connectivity index (χ0) is 20.3. The number of methoxy groups -OCH3 is 1. The molecule has 0 amide bonds. The average molecular weight is 400 g/mol. The van der Waals surface area contributed by atoms with Crippen LogP contribution in [0.1, 0.15) is 15.9 Å². The average Bonchev–Trinajstić information content (AvgIpc) is 3.02. The van der Waals surface area contributed by atoms with Crippen molar-refractivity contribution in [2.24, 2.45) is 0 Å². The highest BCUT2D eigenvalue weighted by Gasteiger charge is 2.77. The SMILES string of the molecule is COc1ccc(N2C(SC)=C([N+](=O)[O-])[C@@]3(O)C(=O)c4ccccc4[C@@]23O)cc1. The van der Waals surface area contributed by atoms with E-state index in [1.807, 2.05) is 0 Å². The number of nitrogens with zero attached hydrogens (tertiary/aromatic N) is 2. The minimum Gasteiger partial charge on any atom is -0.497 e. The van der Waals surface area contributed by atoms with Gasteiger partial charge in [0.2, 0.25) is 11.5 Å². The van der Waals surface area contributed by atoms with Gasteiger partial charge in [0.1, 0.15) is 5.75 Å². The number of anilines is 1. The molecule has 1 aliphatic carbocycles. The van der Waals surface area contributed by atoms with Crippen LogP contribution in [-0.2, 0) is 5.72 Å². The van der Waals surface area contributed by atoms with E-state index in [0.717, 1.165) is 11.8 Å². The Balaban J connectivity index is 2.06. The second-order valence-electron chi connectivity index (χ2n) is 6.41. The van der Waals surface area contributed by atoms with E-state index in [1.165, 1.54) is 24.1 Å². The molecule has 2 aromatic carbocycles. The predicted octanol–water partition coefficient (Wildman–Crippen LogP) is 2.10. The maximum Gasteiger partial charge on any atom is 0.321 e. The van der Waals surface area contributed by atoms with Crippen LogP contribution in [0.25, 0.3) is 0 Å². The normalized spacial score (nSPS) is 25.7. The molecule has 0 spiro atoms. The molecule has 9 heteroatoms. The molecule has 1 heterocycles. The first-order chi connectivity index (χ1) is 13.3. The van der Waals surface area contributed by atoms with Gasteiger partial charge < -0.3 is 14.9 Å². The molecular formula is C19H16N2O6S. The summed E-state index contributed by atoms with van der Waals surface area (Å²) < 4.78 is 5.14. The van der Waals surface area contributed by atoms with Gasteiger partial charge in [0.05, 0.1) is 12.0 Å². The number of aliphatic hydroxyl groups is 2. The van der Waals surface area contributed by atoms with Gasteiger partial charge in [-0.15, -0.1) is 11.8 Å². The molecule has 0 saturated carbocycles. The summed E-state index contributed by atoms with van der Waals surface area (Å²) in [5.41, 5.74) is -5.30. The molecular weight excluding hydrogens is 384 g/mol. The number of nitro groups is 1. The molecule has 0 fully saturated rings. The van der Waals surface area contributed by atoms with E-state index < -0.39 is 27.7 Å². The van der Waals surface area contributed by atoms with Gasteiger partial charge in [0, 0.05) is 16.8 Å². The number of ether oxygens (including phenoxy) is 1. The number of carbonyl (C=O) groups excluding carboxylic acids is 1. The quantitative estimate of drug-likeness (QED) is 0.593. The molecule has 8 nitrogen and oxygen atoms in total. The zero-order valence-corrected chi connectivity index (χ0v) is 15.8. The van der Waals surface area contributed by atoms with Crippen LogP contribution in [0, 0.1) is 10.1 Å². The Bertz CT molecular complexity index is 1040. The summed E-state index contributed by atoms with van der Waals surface area (Å²) in [5.74, 6) is -0.350. The third-order valence-corrected chi connectivity index (χ3v) is 5.92. The first-order valence-electron chi connectivity index (χ1n) is 8.28. The van der Waals surface area contributed by atoms with Crippen LogP contribution in [-0.4, -0.2) is 39.9 Å². The van der Waals surface area contributed by atoms with E-state index in [0.29, 0.717) is 11.4 Å². The topological polar surface area (TPSA) is 113 Å². The predicted molar refractivity (Wildman–Crippen MR) is 103 cm³/mol. The van der Waals surface area contributed by atoms with Crippen LogP contribution in [0.5, 0.6) is 5.75 Å². The lowest BCUT2D eigenvalue weighted by atomic mass is 9.89. The molecule has 2 aliphatic rings. The molecule has 0 saturated heterocycles. The van der Waals surface area contributed by atoms with Gasteiger partial charge in [-0.1, -0.05) is 24.3 Å². The first kappa shape index (κ1) is 18.5. The molecule has 4 rings (SSSR count). The summed E-state index contributed by atoms with van der Waals surface area (Å²) in [5, 5.41) is 35.0. The molecule has 1 aliphatic heterocycles. The Kier molecular flexibility index (Phi) is 4.00. The van der Waals surface area contributed by atoms with Crippen LogP contribution in [0.4, 0.5) is 5.69 Å². The van der Waals surface area contributed by atoms with Crippen LogP contribution in [0.15, 0.2) is 59.3 Å². The van der Waals surface area contributed by atoms with Crippen molar-refractivity contribution in [2.75, 3.05) is 18.3 Å². The molecule has 0 bridgehead atoms. The smallest absolute Gasteiger partial charge is 0.321 e. The van der Waals surface area contributed by atoms with E-state index in [9.17, 15) is 25.1 Å². The molecule has 28 heavy (non-hydrogen) atoms. The van der Waals surface area contributed by atoms with E-state index >= 15 is 0 Å². The summed E-state index contributed by atoms with van der Waals surface area (Å²) in [7, 11) is 1.50. The van der Waals surface area contributed by atoms with Crippen LogP contribution >= 0.6 is 11.8 Å². The van der Waals surface area contributed by atoms with E-state index in [4.69, 9.17) is 4.74 Å². The van der Waals surface area contributed by atoms with E-state index in [1.54, 1.807) is 42.7 Å². The summed E-state index contributed by atoms with van der Waals surface area (Å²) in [6.07, 6.45) is 1.58. The van der Waals surface area contributed by atoms with Gasteiger partial charge >= 0.3 is 5.70 Å². The summed E-state index contributed by atoms with van der Waals surface area (Å²) in [6, 6.07) is 12.6. The summed E-state index contributed by atoms with van der Waals surface area (Å²) in [6.45, 7) is 0. The number of fused-ring (bicyclic) bond motifs is 3. The Morgan fingerprint density at radius 1 is 1.14 bits per heavy atom. The second-order valence-corrected chi connectivity index (χ2v) is 7.20. The first-order valence-corrected chi connectivity index (χ1v) is 9.51. The molecule has 0 aromatic heterocycles. The van der Waals surface area contributed by atoms with Crippen molar-refractivity contribution >= 4 is 23.2 Å². The Labute approximate surface area is 164 Å². The molecule has 0 unspecified atom stereocenters. The number of benzene rings is 2. The Morgan fingerprint density at radius 3 is 2.36 bits per heavy atom. The van der Waals surface area contributed by atoms with Gasteiger partial charge in [-0.3, -0.25) is 19.8 Å². The highest BCUT2D eigenvalue weighted by molar-refractivity contribution is 8.02. The van der Waals surface area contributed by atoms with Crippen LogP contribution in [0.2, 0.25) is 0 Å². The number of hydrogen-bond donors (Lipinski definition) is 2. The number of hydrogen-bond acceptors (Lipinski definition) is 8. The maximum absolute atomic E-state index is 13.1. The fourth-order valence-electron chi connectivity index (χ4n) is 3.93. The monoisotopic (exact) mass is 400 g/mol. The van der Waals surface area contributed by atoms with Crippen LogP contribution in [0.3, 0.4) is 0 Å². The lowest BCUT2D eigenvalue weighted by Crippen LogP contribution is -2.58. The van der Waals surface area contributed by atoms with Crippen molar-refractivity contribution in [3.8, 4) is 5.75 Å². The molecule has 2 N–H and O–H groups in total. The standard InChI is InChI=1S/C19H16N2O6S/c1-27-12-9-7-11(8-10-12)20-17(28-2)15(21(25)26)18(23)16(22)13-5-3-4-6-14(13)19(18,20)24/h3-10,23-24H,1-2H3/t18-,19+/m1/s1. The van der Waals surface area contributed by atoms with Crippen molar-refractivity contribution < 1.29 is 24.7 Å².